The average molecular weight is 525 g/mol. The Morgan fingerprint density at radius 1 is 1.11 bits per heavy atom. The van der Waals surface area contributed by atoms with Crippen molar-refractivity contribution in [3.8, 4) is 11.8 Å². The lowest BCUT2D eigenvalue weighted by Crippen LogP contribution is -2.39. The van der Waals surface area contributed by atoms with Crippen molar-refractivity contribution < 1.29 is 4.79 Å². The molecule has 2 unspecified atom stereocenters. The third-order valence-corrected chi connectivity index (χ3v) is 6.31. The average Bonchev–Trinajstić information content (AvgIpc) is 3.68. The lowest BCUT2D eigenvalue weighted by Gasteiger charge is -2.21. The van der Waals surface area contributed by atoms with E-state index in [-0.39, 0.29) is 24.0 Å². The van der Waals surface area contributed by atoms with E-state index in [1.165, 1.54) is 24.8 Å². The van der Waals surface area contributed by atoms with Crippen LogP contribution in [0, 0.1) is 23.7 Å². The van der Waals surface area contributed by atoms with Crippen molar-refractivity contribution in [3.05, 3.63) is 58.7 Å². The maximum Gasteiger partial charge on any atom is 0.251 e. The molecule has 0 bridgehead atoms. The number of benzene rings is 1. The van der Waals surface area contributed by atoms with Gasteiger partial charge in [0.2, 0.25) is 0 Å². The van der Waals surface area contributed by atoms with Gasteiger partial charge in [-0.3, -0.25) is 4.79 Å². The molecule has 202 valence electrons. The number of rotatable bonds is 11. The van der Waals surface area contributed by atoms with E-state index in [1.807, 2.05) is 18.2 Å². The van der Waals surface area contributed by atoms with Gasteiger partial charge in [0.15, 0.2) is 0 Å². The number of amides is 1. The second-order valence-corrected chi connectivity index (χ2v) is 10.7. The Hall–Kier alpha value is -2.55. The van der Waals surface area contributed by atoms with Crippen molar-refractivity contribution >= 4 is 23.3 Å². The number of aromatic nitrogens is 1. The number of nitrogens with one attached hydrogen (secondary N) is 3. The molecule has 5 nitrogen and oxygen atoms in total. The Bertz CT molecular complexity index is 1010. The number of carbonyl (C=O) groups excluding carboxylic acids is 1. The van der Waals surface area contributed by atoms with E-state index >= 15 is 0 Å². The van der Waals surface area contributed by atoms with E-state index in [9.17, 15) is 4.79 Å². The molecule has 1 saturated carbocycles. The highest BCUT2D eigenvalue weighted by Gasteiger charge is 2.19. The van der Waals surface area contributed by atoms with Crippen LogP contribution in [0.15, 0.2) is 42.5 Å². The summed E-state index contributed by atoms with van der Waals surface area (Å²) in [5.41, 5.74) is 1.70. The molecule has 1 aromatic carbocycles. The molecule has 1 aliphatic carbocycles. The van der Waals surface area contributed by atoms with Crippen LogP contribution in [0.2, 0.25) is 5.15 Å². The number of carbonyl (C=O) groups is 1. The highest BCUT2D eigenvalue weighted by Crippen LogP contribution is 2.27. The fraction of sp³-hybridized carbons (Fsp3) is 0.548. The van der Waals surface area contributed by atoms with E-state index in [0.717, 1.165) is 19.4 Å². The summed E-state index contributed by atoms with van der Waals surface area (Å²) in [5, 5.41) is 10.3. The van der Waals surface area contributed by atoms with Crippen molar-refractivity contribution in [2.24, 2.45) is 11.8 Å². The standard InChI is InChI=1S/C28H37ClN4O.C3H8/c1-19(2)21(4)31-27-18-24(17-26(29)33-27)28(34)32-25(16-23-8-6-5-7-9-23)14-15-30-20(3)10-11-22-12-13-22;1-3-2/h5-9,17-22,25,30H,12-16H2,1-4H3,(H,31,33)(H,32,34);3H2,1-2H3/t20?,21?,25-;/m1./s1. The van der Waals surface area contributed by atoms with Gasteiger partial charge in [0, 0.05) is 23.6 Å². The molecular weight excluding hydrogens is 480 g/mol. The Kier molecular flexibility index (Phi) is 13.5. The zero-order valence-electron chi connectivity index (χ0n) is 23.4. The predicted molar refractivity (Wildman–Crippen MR) is 157 cm³/mol. The van der Waals surface area contributed by atoms with Crippen LogP contribution in [-0.2, 0) is 6.42 Å². The first kappa shape index (κ1) is 30.7. The summed E-state index contributed by atoms with van der Waals surface area (Å²) < 4.78 is 0. The molecular formula is C31H45ClN4O. The van der Waals surface area contributed by atoms with Crippen LogP contribution in [0.4, 0.5) is 5.82 Å². The van der Waals surface area contributed by atoms with Gasteiger partial charge in [-0.1, -0.05) is 87.9 Å². The zero-order chi connectivity index (χ0) is 27.2. The summed E-state index contributed by atoms with van der Waals surface area (Å²) >= 11 is 6.24. The van der Waals surface area contributed by atoms with E-state index in [0.29, 0.717) is 28.4 Å². The molecule has 2 aromatic rings. The van der Waals surface area contributed by atoms with Crippen LogP contribution in [0.3, 0.4) is 0 Å². The molecule has 3 N–H and O–H groups in total. The van der Waals surface area contributed by atoms with Crippen molar-refractivity contribution in [1.82, 2.24) is 15.6 Å². The molecule has 0 radical (unpaired) electrons. The first-order chi connectivity index (χ1) is 17.7. The monoisotopic (exact) mass is 524 g/mol. The Balaban J connectivity index is 0.00000153. The van der Waals surface area contributed by atoms with E-state index in [1.54, 1.807) is 12.1 Å². The SMILES string of the molecule is CC(C#CC1CC1)NCC[C@H](Cc1ccccc1)NC(=O)c1cc(Cl)nc(NC(C)C(C)C)c1.CCC. The fourth-order valence-corrected chi connectivity index (χ4v) is 3.70. The molecule has 3 atom stereocenters. The van der Waals surface area contributed by atoms with Gasteiger partial charge in [-0.05, 0) is 69.7 Å². The zero-order valence-corrected chi connectivity index (χ0v) is 24.2. The summed E-state index contributed by atoms with van der Waals surface area (Å²) in [5.74, 6) is 8.10. The third-order valence-electron chi connectivity index (χ3n) is 6.12. The lowest BCUT2D eigenvalue weighted by molar-refractivity contribution is 0.0934. The summed E-state index contributed by atoms with van der Waals surface area (Å²) in [4.78, 5) is 17.5. The fourth-order valence-electron chi connectivity index (χ4n) is 3.49. The van der Waals surface area contributed by atoms with Crippen LogP contribution in [-0.4, -0.2) is 35.6 Å². The number of hydrogen-bond acceptors (Lipinski definition) is 4. The van der Waals surface area contributed by atoms with Gasteiger partial charge in [0.25, 0.3) is 5.91 Å². The van der Waals surface area contributed by atoms with Crippen molar-refractivity contribution in [2.75, 3.05) is 11.9 Å². The third kappa shape index (κ3) is 12.5. The van der Waals surface area contributed by atoms with Gasteiger partial charge >= 0.3 is 0 Å². The van der Waals surface area contributed by atoms with Gasteiger partial charge < -0.3 is 16.0 Å². The Morgan fingerprint density at radius 2 is 1.78 bits per heavy atom. The van der Waals surface area contributed by atoms with Gasteiger partial charge in [-0.15, -0.1) is 0 Å². The molecule has 0 saturated heterocycles. The highest BCUT2D eigenvalue weighted by atomic mass is 35.5. The van der Waals surface area contributed by atoms with Gasteiger partial charge in [-0.25, -0.2) is 4.98 Å². The number of nitrogens with zero attached hydrogens (tertiary/aromatic N) is 1. The van der Waals surface area contributed by atoms with Gasteiger partial charge in [-0.2, -0.15) is 0 Å². The first-order valence-electron chi connectivity index (χ1n) is 13.7. The van der Waals surface area contributed by atoms with Crippen LogP contribution in [0.1, 0.15) is 83.1 Å². The molecule has 1 aromatic heterocycles. The number of halogens is 1. The molecule has 6 heteroatoms. The van der Waals surface area contributed by atoms with Crippen molar-refractivity contribution in [1.29, 1.82) is 0 Å². The second kappa shape index (κ2) is 16.3. The summed E-state index contributed by atoms with van der Waals surface area (Å²) in [7, 11) is 0. The molecule has 3 rings (SSSR count). The molecule has 0 aliphatic heterocycles. The molecule has 1 fully saturated rings. The number of anilines is 1. The Morgan fingerprint density at radius 3 is 2.41 bits per heavy atom. The first-order valence-corrected chi connectivity index (χ1v) is 14.1. The summed E-state index contributed by atoms with van der Waals surface area (Å²) in [6.07, 6.45) is 5.27. The lowest BCUT2D eigenvalue weighted by atomic mass is 10.0. The quantitative estimate of drug-likeness (QED) is 0.225. The Labute approximate surface area is 229 Å². The molecule has 1 amide bonds. The molecule has 0 spiro atoms. The van der Waals surface area contributed by atoms with Crippen LogP contribution in [0.25, 0.3) is 0 Å². The highest BCUT2D eigenvalue weighted by molar-refractivity contribution is 6.29. The van der Waals surface area contributed by atoms with Crippen LogP contribution >= 0.6 is 11.6 Å². The van der Waals surface area contributed by atoms with Gasteiger partial charge in [0.1, 0.15) is 11.0 Å². The summed E-state index contributed by atoms with van der Waals surface area (Å²) in [6.45, 7) is 13.5. The molecule has 1 aliphatic rings. The van der Waals surface area contributed by atoms with Crippen LogP contribution in [0.5, 0.6) is 0 Å². The molecule has 37 heavy (non-hydrogen) atoms. The maximum absolute atomic E-state index is 13.2. The van der Waals surface area contributed by atoms with Gasteiger partial charge in [0.05, 0.1) is 6.04 Å². The second-order valence-electron chi connectivity index (χ2n) is 10.3. The largest absolute Gasteiger partial charge is 0.367 e. The summed E-state index contributed by atoms with van der Waals surface area (Å²) in [6, 6.07) is 14.0. The normalized spacial score (nSPS) is 14.9. The topological polar surface area (TPSA) is 66.0 Å². The smallest absolute Gasteiger partial charge is 0.251 e. The van der Waals surface area contributed by atoms with Crippen molar-refractivity contribution in [2.45, 2.75) is 91.8 Å². The maximum atomic E-state index is 13.2. The minimum Gasteiger partial charge on any atom is -0.367 e. The van der Waals surface area contributed by atoms with Crippen molar-refractivity contribution in [3.63, 3.8) is 0 Å². The minimum absolute atomic E-state index is 0.0241. The number of pyridine rings is 1. The van der Waals surface area contributed by atoms with Crippen LogP contribution < -0.4 is 16.0 Å². The minimum atomic E-state index is -0.146. The van der Waals surface area contributed by atoms with E-state index in [4.69, 9.17) is 11.6 Å². The van der Waals surface area contributed by atoms with E-state index < -0.39 is 0 Å². The number of hydrogen-bond donors (Lipinski definition) is 3. The molecule has 1 heterocycles. The predicted octanol–water partition coefficient (Wildman–Crippen LogP) is 6.73. The van der Waals surface area contributed by atoms with E-state index in [2.05, 4.69) is 86.5 Å².